The highest BCUT2D eigenvalue weighted by Gasteiger charge is 2.25. The van der Waals surface area contributed by atoms with Crippen molar-refractivity contribution in [2.24, 2.45) is 10.7 Å². The summed E-state index contributed by atoms with van der Waals surface area (Å²) in [5, 5.41) is 9.29. The number of nitrogens with zero attached hydrogens (tertiary/aromatic N) is 1. The Morgan fingerprint density at radius 1 is 1.62 bits per heavy atom. The van der Waals surface area contributed by atoms with Crippen molar-refractivity contribution in [3.63, 3.8) is 0 Å². The number of carbonyl (C=O) groups is 1. The summed E-state index contributed by atoms with van der Waals surface area (Å²) in [4.78, 5) is 14.2. The quantitative estimate of drug-likeness (QED) is 0.596. The first kappa shape index (κ1) is 15.3. The Balaban J connectivity index is 0. The lowest BCUT2D eigenvalue weighted by molar-refractivity contribution is -0.118. The van der Waals surface area contributed by atoms with E-state index in [0.717, 1.165) is 0 Å². The van der Waals surface area contributed by atoms with Crippen LogP contribution in [-0.4, -0.2) is 29.0 Å². The van der Waals surface area contributed by atoms with E-state index in [0.29, 0.717) is 5.71 Å². The maximum Gasteiger partial charge on any atom is 0.246 e. The molecule has 0 fully saturated rings. The predicted octanol–water partition coefficient (Wildman–Crippen LogP) is 0.0578. The number of alkyl halides is 1. The smallest absolute Gasteiger partial charge is 0.246 e. The Bertz CT molecular complexity index is 245. The fourth-order valence-electron chi connectivity index (χ4n) is 0.709. The Morgan fingerprint density at radius 2 is 2.15 bits per heavy atom. The highest BCUT2D eigenvalue weighted by Crippen LogP contribution is 2.06. The number of nitrogens with one attached hydrogen (secondary N) is 2. The van der Waals surface area contributed by atoms with Crippen LogP contribution < -0.4 is 11.1 Å². The van der Waals surface area contributed by atoms with Crippen LogP contribution >= 0.6 is 40.7 Å². The number of amides is 1. The van der Waals surface area contributed by atoms with Crippen LogP contribution in [0.4, 0.5) is 0 Å². The molecule has 5 nitrogen and oxygen atoms in total. The Kier molecular flexibility index (Phi) is 7.43. The van der Waals surface area contributed by atoms with E-state index in [1.54, 1.807) is 0 Å². The molecule has 0 saturated heterocycles. The average molecular weight is 292 g/mol. The maximum absolute atomic E-state index is 10.9. The molecule has 4 N–H and O–H groups in total. The molecule has 1 aliphatic heterocycles. The third kappa shape index (κ3) is 3.60. The van der Waals surface area contributed by atoms with E-state index in [-0.39, 0.29) is 43.2 Å². The van der Waals surface area contributed by atoms with E-state index < -0.39 is 4.83 Å². The first-order valence-electron chi connectivity index (χ1n) is 2.96. The van der Waals surface area contributed by atoms with E-state index in [1.165, 1.54) is 0 Å². The van der Waals surface area contributed by atoms with Gasteiger partial charge in [0.05, 0.1) is 5.71 Å². The molecule has 0 aromatic rings. The van der Waals surface area contributed by atoms with Crippen molar-refractivity contribution in [2.45, 2.75) is 4.83 Å². The van der Waals surface area contributed by atoms with Gasteiger partial charge < -0.3 is 5.73 Å². The summed E-state index contributed by atoms with van der Waals surface area (Å²) in [5.74, 6) is -0.434. The summed E-state index contributed by atoms with van der Waals surface area (Å²) in [7, 11) is 0. The zero-order valence-corrected chi connectivity index (χ0v) is 9.63. The third-order valence-corrected chi connectivity index (χ3v) is 2.17. The van der Waals surface area contributed by atoms with Crippen molar-refractivity contribution in [2.75, 3.05) is 6.54 Å². The molecular formula is C5H9BrCl2N4O. The van der Waals surface area contributed by atoms with E-state index in [4.69, 9.17) is 11.1 Å². The topological polar surface area (TPSA) is 91.3 Å². The van der Waals surface area contributed by atoms with Gasteiger partial charge in [-0.25, -0.2) is 4.99 Å². The van der Waals surface area contributed by atoms with E-state index in [2.05, 4.69) is 26.2 Å². The molecule has 0 radical (unpaired) electrons. The van der Waals surface area contributed by atoms with Gasteiger partial charge >= 0.3 is 0 Å². The number of hydrogen-bond donors (Lipinski definition) is 3. The molecule has 1 unspecified atom stereocenters. The number of rotatable bonds is 1. The molecule has 8 heteroatoms. The molecule has 0 spiro atoms. The van der Waals surface area contributed by atoms with Crippen LogP contribution in [0.5, 0.6) is 0 Å². The van der Waals surface area contributed by atoms with Gasteiger partial charge in [-0.1, -0.05) is 15.9 Å². The van der Waals surface area contributed by atoms with Gasteiger partial charge in [0.1, 0.15) is 4.83 Å². The number of hydrogen-bond acceptors (Lipinski definition) is 3. The van der Waals surface area contributed by atoms with Crippen LogP contribution in [0.15, 0.2) is 4.99 Å². The molecule has 0 bridgehead atoms. The summed E-state index contributed by atoms with van der Waals surface area (Å²) >= 11 is 3.09. The second kappa shape index (κ2) is 6.31. The molecule has 0 aromatic heterocycles. The lowest BCUT2D eigenvalue weighted by atomic mass is 10.2. The van der Waals surface area contributed by atoms with Crippen LogP contribution in [0.2, 0.25) is 0 Å². The summed E-state index contributed by atoms with van der Waals surface area (Å²) in [5.41, 5.74) is 5.77. The van der Waals surface area contributed by atoms with Gasteiger partial charge in [-0.3, -0.25) is 15.5 Å². The number of carbonyl (C=O) groups excluding carboxylic acids is 1. The standard InChI is InChI=1S/C5H7BrN4O.2ClH/c6-3-2(1-7)9-5(8)10-4(3)11;;/h3H,1,7H2,(H2,8,10,11);2*1H. The lowest BCUT2D eigenvalue weighted by Crippen LogP contribution is -2.46. The minimum Gasteiger partial charge on any atom is -0.325 e. The number of nitrogens with two attached hydrogens (primary N) is 1. The second-order valence-electron chi connectivity index (χ2n) is 2.01. The van der Waals surface area contributed by atoms with Crippen LogP contribution in [0, 0.1) is 5.41 Å². The predicted molar refractivity (Wildman–Crippen MR) is 59.6 cm³/mol. The van der Waals surface area contributed by atoms with Gasteiger partial charge in [0.25, 0.3) is 0 Å². The Hall–Kier alpha value is -0.170. The minimum atomic E-state index is -0.485. The highest BCUT2D eigenvalue weighted by molar-refractivity contribution is 9.10. The number of halogens is 3. The van der Waals surface area contributed by atoms with Gasteiger partial charge in [0, 0.05) is 6.54 Å². The molecule has 76 valence electrons. The lowest BCUT2D eigenvalue weighted by Gasteiger charge is -2.16. The summed E-state index contributed by atoms with van der Waals surface area (Å²) in [6.07, 6.45) is 0. The van der Waals surface area contributed by atoms with E-state index in [9.17, 15) is 4.79 Å². The second-order valence-corrected chi connectivity index (χ2v) is 2.92. The summed E-state index contributed by atoms with van der Waals surface area (Å²) in [6, 6.07) is 0. The fourth-order valence-corrected chi connectivity index (χ4v) is 1.11. The SMILES string of the molecule is Cl.Cl.N=C1N=C(CN)C(Br)C(=O)N1. The molecular weight excluding hydrogens is 283 g/mol. The summed E-state index contributed by atoms with van der Waals surface area (Å²) in [6.45, 7) is 0.186. The van der Waals surface area contributed by atoms with Gasteiger partial charge in [-0.15, -0.1) is 24.8 Å². The molecule has 0 aromatic carbocycles. The van der Waals surface area contributed by atoms with Crippen molar-refractivity contribution in [1.82, 2.24) is 5.32 Å². The van der Waals surface area contributed by atoms with Crippen LogP contribution in [-0.2, 0) is 4.79 Å². The Morgan fingerprint density at radius 3 is 2.62 bits per heavy atom. The molecule has 1 aliphatic rings. The van der Waals surface area contributed by atoms with Crippen LogP contribution in [0.25, 0.3) is 0 Å². The van der Waals surface area contributed by atoms with Gasteiger partial charge in [0.2, 0.25) is 11.9 Å². The van der Waals surface area contributed by atoms with E-state index >= 15 is 0 Å². The zero-order chi connectivity index (χ0) is 8.43. The molecule has 1 heterocycles. The number of guanidine groups is 1. The normalized spacial score (nSPS) is 20.8. The van der Waals surface area contributed by atoms with Crippen molar-refractivity contribution in [3.05, 3.63) is 0 Å². The number of aliphatic imine (C=N–C) groups is 1. The van der Waals surface area contributed by atoms with Crippen LogP contribution in [0.3, 0.4) is 0 Å². The maximum atomic E-state index is 10.9. The third-order valence-electron chi connectivity index (χ3n) is 1.23. The molecule has 1 amide bonds. The molecule has 0 aliphatic carbocycles. The zero-order valence-electron chi connectivity index (χ0n) is 6.41. The van der Waals surface area contributed by atoms with Crippen molar-refractivity contribution in [1.29, 1.82) is 5.41 Å². The Labute approximate surface area is 96.0 Å². The molecule has 1 rings (SSSR count). The van der Waals surface area contributed by atoms with Crippen molar-refractivity contribution in [3.8, 4) is 0 Å². The molecule has 13 heavy (non-hydrogen) atoms. The summed E-state index contributed by atoms with van der Waals surface area (Å²) < 4.78 is 0. The molecule has 1 atom stereocenters. The first-order chi connectivity index (χ1) is 5.15. The first-order valence-corrected chi connectivity index (χ1v) is 3.87. The van der Waals surface area contributed by atoms with Crippen molar-refractivity contribution >= 4 is 58.3 Å². The largest absolute Gasteiger partial charge is 0.325 e. The average Bonchev–Trinajstić information content (AvgIpc) is 1.96. The highest BCUT2D eigenvalue weighted by atomic mass is 79.9. The van der Waals surface area contributed by atoms with E-state index in [1.807, 2.05) is 0 Å². The monoisotopic (exact) mass is 290 g/mol. The fraction of sp³-hybridized carbons (Fsp3) is 0.400. The molecule has 0 saturated carbocycles. The van der Waals surface area contributed by atoms with Crippen LogP contribution in [0.1, 0.15) is 0 Å². The van der Waals surface area contributed by atoms with Crippen molar-refractivity contribution < 1.29 is 4.79 Å². The van der Waals surface area contributed by atoms with Gasteiger partial charge in [0.15, 0.2) is 0 Å². The van der Waals surface area contributed by atoms with Gasteiger partial charge in [-0.05, 0) is 0 Å². The van der Waals surface area contributed by atoms with Gasteiger partial charge in [-0.2, -0.15) is 0 Å². The minimum absolute atomic E-state index is 0.